The molecule has 0 saturated carbocycles. The van der Waals surface area contributed by atoms with Gasteiger partial charge in [0.2, 0.25) is 0 Å². The van der Waals surface area contributed by atoms with Crippen molar-refractivity contribution in [2.75, 3.05) is 7.11 Å². The molecule has 0 bridgehead atoms. The lowest BCUT2D eigenvalue weighted by Gasteiger charge is -2.03. The van der Waals surface area contributed by atoms with E-state index in [-0.39, 0.29) is 11.7 Å². The van der Waals surface area contributed by atoms with Crippen molar-refractivity contribution in [1.82, 2.24) is 5.32 Å². The zero-order valence-corrected chi connectivity index (χ0v) is 12.7. The summed E-state index contributed by atoms with van der Waals surface area (Å²) in [5.74, 6) is 0.294. The highest BCUT2D eigenvalue weighted by Crippen LogP contribution is 2.28. The predicted octanol–water partition coefficient (Wildman–Crippen LogP) is 3.98. The normalized spacial score (nSPS) is 10.6. The Morgan fingerprint density at radius 1 is 1.23 bits per heavy atom. The molecule has 5 heteroatoms. The van der Waals surface area contributed by atoms with Crippen molar-refractivity contribution in [3.63, 3.8) is 0 Å². The van der Waals surface area contributed by atoms with E-state index in [1.807, 2.05) is 24.3 Å². The maximum absolute atomic E-state index is 13.1. The van der Waals surface area contributed by atoms with Crippen molar-refractivity contribution in [1.29, 1.82) is 0 Å². The number of ether oxygens (including phenoxy) is 1. The highest BCUT2D eigenvalue weighted by Gasteiger charge is 2.10. The first-order valence-electron chi connectivity index (χ1n) is 6.76. The quantitative estimate of drug-likeness (QED) is 0.791. The van der Waals surface area contributed by atoms with Crippen LogP contribution in [0.15, 0.2) is 48.5 Å². The van der Waals surface area contributed by atoms with Gasteiger partial charge in [0.05, 0.1) is 12.0 Å². The van der Waals surface area contributed by atoms with Gasteiger partial charge < -0.3 is 10.1 Å². The molecule has 0 fully saturated rings. The summed E-state index contributed by atoms with van der Waals surface area (Å²) in [6.45, 7) is 0.300. The smallest absolute Gasteiger partial charge is 0.261 e. The minimum Gasteiger partial charge on any atom is -0.497 e. The van der Waals surface area contributed by atoms with Crippen molar-refractivity contribution >= 4 is 27.3 Å². The molecule has 0 aliphatic rings. The number of rotatable bonds is 4. The molecule has 1 N–H and O–H groups in total. The summed E-state index contributed by atoms with van der Waals surface area (Å²) in [5, 5.41) is 3.78. The molecule has 112 valence electrons. The Morgan fingerprint density at radius 3 is 2.86 bits per heavy atom. The number of methoxy groups -OCH3 is 1. The van der Waals surface area contributed by atoms with E-state index in [0.717, 1.165) is 21.4 Å². The van der Waals surface area contributed by atoms with Crippen LogP contribution in [0.4, 0.5) is 4.39 Å². The molecule has 3 nitrogen and oxygen atoms in total. The molecule has 0 saturated heterocycles. The Morgan fingerprint density at radius 2 is 2.09 bits per heavy atom. The van der Waals surface area contributed by atoms with Crippen LogP contribution in [0.1, 0.15) is 15.2 Å². The highest BCUT2D eigenvalue weighted by atomic mass is 32.1. The number of fused-ring (bicyclic) bond motifs is 1. The number of benzene rings is 2. The van der Waals surface area contributed by atoms with Crippen LogP contribution in [0.25, 0.3) is 10.1 Å². The average Bonchev–Trinajstić information content (AvgIpc) is 2.95. The van der Waals surface area contributed by atoms with E-state index in [4.69, 9.17) is 4.74 Å². The molecule has 22 heavy (non-hydrogen) atoms. The summed E-state index contributed by atoms with van der Waals surface area (Å²) < 4.78 is 19.3. The fraction of sp³-hybridized carbons (Fsp3) is 0.118. The standard InChI is InChI=1S/C17H14FNO2S/c1-21-14-5-6-15-12(8-14)9-16(22-15)17(20)19-10-11-3-2-4-13(18)7-11/h2-9H,10H2,1H3,(H,19,20). The Labute approximate surface area is 131 Å². The second kappa shape index (κ2) is 6.15. The van der Waals surface area contributed by atoms with Crippen LogP contribution in [0.2, 0.25) is 0 Å². The molecule has 0 aliphatic heterocycles. The summed E-state index contributed by atoms with van der Waals surface area (Å²) >= 11 is 1.42. The van der Waals surface area contributed by atoms with Gasteiger partial charge in [-0.15, -0.1) is 11.3 Å². The lowest BCUT2D eigenvalue weighted by molar-refractivity contribution is 0.0955. The SMILES string of the molecule is COc1ccc2sc(C(=O)NCc3cccc(F)c3)cc2c1. The summed E-state index contributed by atoms with van der Waals surface area (Å²) in [4.78, 5) is 12.8. The highest BCUT2D eigenvalue weighted by molar-refractivity contribution is 7.20. The van der Waals surface area contributed by atoms with Crippen LogP contribution < -0.4 is 10.1 Å². The summed E-state index contributed by atoms with van der Waals surface area (Å²) in [7, 11) is 1.61. The number of amides is 1. The van der Waals surface area contributed by atoms with E-state index in [0.29, 0.717) is 11.4 Å². The summed E-state index contributed by atoms with van der Waals surface area (Å²) in [6, 6.07) is 13.7. The van der Waals surface area contributed by atoms with Crippen LogP contribution in [-0.2, 0) is 6.54 Å². The molecule has 3 rings (SSSR count). The predicted molar refractivity (Wildman–Crippen MR) is 85.9 cm³/mol. The van der Waals surface area contributed by atoms with Gasteiger partial charge in [0.25, 0.3) is 5.91 Å². The molecule has 1 amide bonds. The van der Waals surface area contributed by atoms with E-state index in [2.05, 4.69) is 5.32 Å². The van der Waals surface area contributed by atoms with Crippen LogP contribution in [0.5, 0.6) is 5.75 Å². The number of hydrogen-bond donors (Lipinski definition) is 1. The van der Waals surface area contributed by atoms with E-state index in [9.17, 15) is 9.18 Å². The molecule has 0 aliphatic carbocycles. The third-order valence-electron chi connectivity index (χ3n) is 3.29. The Balaban J connectivity index is 1.74. The third kappa shape index (κ3) is 3.09. The summed E-state index contributed by atoms with van der Waals surface area (Å²) in [5.41, 5.74) is 0.733. The van der Waals surface area contributed by atoms with Crippen molar-refractivity contribution in [3.05, 3.63) is 64.8 Å². The van der Waals surface area contributed by atoms with Gasteiger partial charge in [0.1, 0.15) is 11.6 Å². The topological polar surface area (TPSA) is 38.3 Å². The Bertz CT molecular complexity index is 828. The van der Waals surface area contributed by atoms with Gasteiger partial charge in [-0.2, -0.15) is 0 Å². The lowest BCUT2D eigenvalue weighted by Crippen LogP contribution is -2.21. The minimum absolute atomic E-state index is 0.163. The Kier molecular flexibility index (Phi) is 4.06. The first-order valence-corrected chi connectivity index (χ1v) is 7.57. The fourth-order valence-electron chi connectivity index (χ4n) is 2.18. The third-order valence-corrected chi connectivity index (χ3v) is 4.40. The van der Waals surface area contributed by atoms with Crippen molar-refractivity contribution in [3.8, 4) is 5.75 Å². The van der Waals surface area contributed by atoms with E-state index in [1.54, 1.807) is 19.2 Å². The number of thiophene rings is 1. The molecule has 0 unspecified atom stereocenters. The van der Waals surface area contributed by atoms with Gasteiger partial charge in [0.15, 0.2) is 0 Å². The number of carbonyl (C=O) groups excluding carboxylic acids is 1. The van der Waals surface area contributed by atoms with Crippen molar-refractivity contribution in [2.24, 2.45) is 0 Å². The van der Waals surface area contributed by atoms with E-state index >= 15 is 0 Å². The monoisotopic (exact) mass is 315 g/mol. The molecule has 1 aromatic heterocycles. The van der Waals surface area contributed by atoms with Gasteiger partial charge >= 0.3 is 0 Å². The molecule has 3 aromatic rings. The van der Waals surface area contributed by atoms with Gasteiger partial charge in [-0.05, 0) is 47.3 Å². The number of carbonyl (C=O) groups is 1. The molecule has 0 atom stereocenters. The fourth-order valence-corrected chi connectivity index (χ4v) is 3.14. The molecule has 0 radical (unpaired) electrons. The van der Waals surface area contributed by atoms with Crippen LogP contribution >= 0.6 is 11.3 Å². The molecule has 1 heterocycles. The van der Waals surface area contributed by atoms with E-state index < -0.39 is 0 Å². The zero-order valence-electron chi connectivity index (χ0n) is 11.9. The average molecular weight is 315 g/mol. The van der Waals surface area contributed by atoms with Gasteiger partial charge in [-0.1, -0.05) is 12.1 Å². The van der Waals surface area contributed by atoms with Gasteiger partial charge in [0, 0.05) is 11.2 Å². The number of halogens is 1. The number of hydrogen-bond acceptors (Lipinski definition) is 3. The second-order valence-electron chi connectivity index (χ2n) is 4.83. The molecular formula is C17H14FNO2S. The van der Waals surface area contributed by atoms with Gasteiger partial charge in [-0.25, -0.2) is 4.39 Å². The molecule has 0 spiro atoms. The first-order chi connectivity index (χ1) is 10.7. The maximum Gasteiger partial charge on any atom is 0.261 e. The maximum atomic E-state index is 13.1. The Hall–Kier alpha value is -2.40. The van der Waals surface area contributed by atoms with Crippen molar-refractivity contribution in [2.45, 2.75) is 6.54 Å². The van der Waals surface area contributed by atoms with Crippen LogP contribution in [-0.4, -0.2) is 13.0 Å². The number of nitrogens with one attached hydrogen (secondary N) is 1. The lowest BCUT2D eigenvalue weighted by atomic mass is 10.2. The minimum atomic E-state index is -0.305. The second-order valence-corrected chi connectivity index (χ2v) is 5.91. The van der Waals surface area contributed by atoms with Crippen LogP contribution in [0, 0.1) is 5.82 Å². The molecular weight excluding hydrogens is 301 g/mol. The van der Waals surface area contributed by atoms with Crippen molar-refractivity contribution < 1.29 is 13.9 Å². The van der Waals surface area contributed by atoms with Gasteiger partial charge in [-0.3, -0.25) is 4.79 Å². The summed E-state index contributed by atoms with van der Waals surface area (Å²) in [6.07, 6.45) is 0. The molecule has 2 aromatic carbocycles. The van der Waals surface area contributed by atoms with Crippen LogP contribution in [0.3, 0.4) is 0 Å². The largest absolute Gasteiger partial charge is 0.497 e. The first kappa shape index (κ1) is 14.5. The van der Waals surface area contributed by atoms with E-state index in [1.165, 1.54) is 23.5 Å². The zero-order chi connectivity index (χ0) is 15.5.